The summed E-state index contributed by atoms with van der Waals surface area (Å²) in [6.45, 7) is 10.1. The zero-order chi connectivity index (χ0) is 63.6. The third-order valence-electron chi connectivity index (χ3n) is 16.7. The Bertz CT molecular complexity index is 3100. The van der Waals surface area contributed by atoms with E-state index in [1.165, 1.54) is 0 Å². The summed E-state index contributed by atoms with van der Waals surface area (Å²) < 4.78 is 91.9. The van der Waals surface area contributed by atoms with Crippen molar-refractivity contribution in [2.45, 2.75) is 192 Å². The molecule has 20 heteroatoms. The van der Waals surface area contributed by atoms with E-state index in [9.17, 15) is 55.1 Å². The molecule has 4 fully saturated rings. The van der Waals surface area contributed by atoms with Crippen LogP contribution in [0.25, 0.3) is 0 Å². The van der Waals surface area contributed by atoms with Gasteiger partial charge in [-0.25, -0.2) is 0 Å². The first-order valence-electron chi connectivity index (χ1n) is 30.5. The van der Waals surface area contributed by atoms with Crippen molar-refractivity contribution in [3.8, 4) is 0 Å². The fraction of sp³-hybridized carbons (Fsp3) is 0.529. The molecule has 88 heavy (non-hydrogen) atoms. The number of alkyl halides is 6. The van der Waals surface area contributed by atoms with E-state index in [-0.39, 0.29) is 49.1 Å². The summed E-state index contributed by atoms with van der Waals surface area (Å²) in [4.78, 5) is 91.5. The molecule has 12 nitrogen and oxygen atoms in total. The van der Waals surface area contributed by atoms with Crippen LogP contribution in [0.5, 0.6) is 0 Å². The molecule has 2 N–H and O–H groups in total. The molecule has 0 spiro atoms. The van der Waals surface area contributed by atoms with Crippen LogP contribution in [-0.4, -0.2) is 82.6 Å². The lowest BCUT2D eigenvalue weighted by Gasteiger charge is -2.29. The van der Waals surface area contributed by atoms with Gasteiger partial charge in [-0.15, -0.1) is 0 Å². The first-order valence-corrected chi connectivity index (χ1v) is 31.3. The molecule has 0 aromatic heterocycles. The number of hydrogen-bond donors (Lipinski definition) is 2. The average Bonchev–Trinajstić information content (AvgIpc) is 3.23. The minimum atomic E-state index is -4.53. The number of fused-ring (bicyclic) bond motifs is 2. The number of rotatable bonds is 20. The second-order valence-corrected chi connectivity index (χ2v) is 27.4. The number of halogens is 8. The van der Waals surface area contributed by atoms with E-state index in [4.69, 9.17) is 42.7 Å². The van der Waals surface area contributed by atoms with E-state index in [1.54, 1.807) is 90.1 Å². The molecule has 4 aliphatic carbocycles. The molecule has 0 saturated heterocycles. The van der Waals surface area contributed by atoms with Gasteiger partial charge in [0.15, 0.2) is 23.9 Å². The molecular weight excluding hydrogens is 1190 g/mol. The smallest absolute Gasteiger partial charge is 0.389 e. The lowest BCUT2D eigenvalue weighted by molar-refractivity contribution is -0.167. The predicted molar refractivity (Wildman–Crippen MR) is 323 cm³/mol. The molecule has 6 aliphatic rings. The number of ketones is 2. The van der Waals surface area contributed by atoms with Crippen molar-refractivity contribution in [2.75, 3.05) is 0 Å². The number of benzene rings is 4. The van der Waals surface area contributed by atoms with Gasteiger partial charge in [0.05, 0.1) is 35.1 Å². The number of ether oxygens (including phenoxy) is 2. The lowest BCUT2D eigenvalue weighted by atomic mass is 9.83. The van der Waals surface area contributed by atoms with E-state index in [2.05, 4.69) is 10.6 Å². The van der Waals surface area contributed by atoms with Crippen LogP contribution in [-0.2, 0) is 51.1 Å². The number of nitrogens with one attached hydrogen (secondary N) is 2. The van der Waals surface area contributed by atoms with Crippen LogP contribution < -0.4 is 10.6 Å². The van der Waals surface area contributed by atoms with Gasteiger partial charge >= 0.3 is 24.3 Å². The highest BCUT2D eigenvalue weighted by Gasteiger charge is 2.46. The SMILES string of the molecule is CC(C)(C)OC(=O)[C@@H](CC1CC1)[C@@H](CCC(F)(F)F)C(=O)N[C@@H]1N=C(c2ccc(Cl)cc2)c2cccc(C3CC3)c2CC1=O.CC(C)(C)OC(=O)[C@@H](CC1CC1)[C@@H](CCC(F)(F)F)C(=O)N[C@H]1N=C(c2ccc(Cl)cc2)c2cccc(C3CC3)c2CC1=O. The van der Waals surface area contributed by atoms with E-state index in [0.717, 1.165) is 84.7 Å². The minimum absolute atomic E-state index is 0.0122. The topological polar surface area (TPSA) is 170 Å². The maximum Gasteiger partial charge on any atom is 0.389 e. The maximum absolute atomic E-state index is 13.9. The molecule has 472 valence electrons. The number of amides is 2. The Kier molecular flexibility index (Phi) is 20.2. The van der Waals surface area contributed by atoms with Crippen LogP contribution in [0.15, 0.2) is 94.9 Å². The molecule has 10 rings (SSSR count). The van der Waals surface area contributed by atoms with Crippen LogP contribution in [0.4, 0.5) is 26.3 Å². The number of Topliss-reactive ketones (excluding diaryl/α,β-unsaturated/α-hetero) is 2. The molecule has 4 saturated carbocycles. The van der Waals surface area contributed by atoms with Crippen LogP contribution in [0.2, 0.25) is 10.0 Å². The van der Waals surface area contributed by atoms with E-state index in [0.29, 0.717) is 44.4 Å². The average molecular weight is 1260 g/mol. The van der Waals surface area contributed by atoms with Crippen LogP contribution in [0, 0.1) is 35.5 Å². The molecular formula is C68H76Cl2F6N4O8. The molecule has 2 heterocycles. The van der Waals surface area contributed by atoms with Gasteiger partial charge in [0.2, 0.25) is 11.8 Å². The molecule has 2 aliphatic heterocycles. The molecule has 4 aromatic rings. The second kappa shape index (κ2) is 27.0. The van der Waals surface area contributed by atoms with Crippen molar-refractivity contribution in [3.05, 3.63) is 139 Å². The zero-order valence-electron chi connectivity index (χ0n) is 50.4. The monoisotopic (exact) mass is 1260 g/mol. The molecule has 0 bridgehead atoms. The molecule has 0 unspecified atom stereocenters. The number of nitrogens with zero attached hydrogens (tertiary/aromatic N) is 2. The van der Waals surface area contributed by atoms with Crippen molar-refractivity contribution in [3.63, 3.8) is 0 Å². The van der Waals surface area contributed by atoms with Gasteiger partial charge in [0, 0.05) is 58.0 Å². The summed E-state index contributed by atoms with van der Waals surface area (Å²) in [6.07, 6.45) is -7.51. The zero-order valence-corrected chi connectivity index (χ0v) is 51.9. The Labute approximate surface area is 519 Å². The highest BCUT2D eigenvalue weighted by molar-refractivity contribution is 6.31. The highest BCUT2D eigenvalue weighted by Crippen LogP contribution is 2.46. The minimum Gasteiger partial charge on any atom is -0.460 e. The summed E-state index contributed by atoms with van der Waals surface area (Å²) in [5.74, 6) is -7.65. The van der Waals surface area contributed by atoms with Crippen LogP contribution in [0.1, 0.15) is 188 Å². The quantitative estimate of drug-likeness (QED) is 0.0651. The second-order valence-electron chi connectivity index (χ2n) is 26.5. The van der Waals surface area contributed by atoms with Crippen molar-refractivity contribution in [1.29, 1.82) is 0 Å². The Morgan fingerprint density at radius 2 is 0.852 bits per heavy atom. The maximum atomic E-state index is 13.9. The summed E-state index contributed by atoms with van der Waals surface area (Å²) >= 11 is 12.3. The highest BCUT2D eigenvalue weighted by atomic mass is 35.5. The van der Waals surface area contributed by atoms with Gasteiger partial charge in [-0.3, -0.25) is 38.8 Å². The van der Waals surface area contributed by atoms with Crippen LogP contribution in [0.3, 0.4) is 0 Å². The van der Waals surface area contributed by atoms with Crippen molar-refractivity contribution in [1.82, 2.24) is 10.6 Å². The van der Waals surface area contributed by atoms with Gasteiger partial charge in [0.25, 0.3) is 0 Å². The summed E-state index contributed by atoms with van der Waals surface area (Å²) in [5.41, 5.74) is 5.97. The number of carbonyl (C=O) groups excluding carboxylic acids is 6. The van der Waals surface area contributed by atoms with Crippen molar-refractivity contribution >= 4 is 69.9 Å². The van der Waals surface area contributed by atoms with Gasteiger partial charge in [-0.2, -0.15) is 26.3 Å². The molecule has 2 amide bonds. The van der Waals surface area contributed by atoms with Crippen LogP contribution >= 0.6 is 23.2 Å². The van der Waals surface area contributed by atoms with Crippen molar-refractivity contribution < 1.29 is 64.6 Å². The standard InChI is InChI=1S/2C34H38ClF3N2O4/c2*1-33(2,3)44-32(43)27(17-19-7-8-19)25(15-16-34(36,37)38)31(42)40-30-28(41)18-26-23(20-9-10-20)5-4-6-24(26)29(39-30)21-11-13-22(35)14-12-21/h2*4-6,11-14,19-20,25,27,30H,7-10,15-18H2,1-3H3,(H,40,42)/t25-,27+,30+;25-,27+,30-/m11/s1. The van der Waals surface area contributed by atoms with Gasteiger partial charge < -0.3 is 20.1 Å². The summed E-state index contributed by atoms with van der Waals surface area (Å²) in [7, 11) is 0. The van der Waals surface area contributed by atoms with E-state index in [1.807, 2.05) is 36.4 Å². The number of aliphatic imine (C=N–C) groups is 2. The largest absolute Gasteiger partial charge is 0.460 e. The predicted octanol–water partition coefficient (Wildman–Crippen LogP) is 14.7. The summed E-state index contributed by atoms with van der Waals surface area (Å²) in [5, 5.41) is 6.38. The van der Waals surface area contributed by atoms with Gasteiger partial charge in [-0.05, 0) is 163 Å². The lowest BCUT2D eigenvalue weighted by Crippen LogP contribution is -2.47. The third-order valence-corrected chi connectivity index (χ3v) is 17.2. The molecule has 4 aromatic carbocycles. The van der Waals surface area contributed by atoms with E-state index < -0.39 is 109 Å². The first-order chi connectivity index (χ1) is 41.4. The molecule has 6 atom stereocenters. The Morgan fingerprint density at radius 3 is 1.15 bits per heavy atom. The number of hydrogen-bond acceptors (Lipinski definition) is 10. The Balaban J connectivity index is 0.000000209. The number of carbonyl (C=O) groups is 6. The van der Waals surface area contributed by atoms with Crippen molar-refractivity contribution in [2.24, 2.45) is 45.5 Å². The Morgan fingerprint density at radius 1 is 0.511 bits per heavy atom. The van der Waals surface area contributed by atoms with Gasteiger partial charge in [-0.1, -0.05) is 110 Å². The first kappa shape index (κ1) is 66.0. The van der Waals surface area contributed by atoms with Gasteiger partial charge in [0.1, 0.15) is 11.2 Å². The fourth-order valence-corrected chi connectivity index (χ4v) is 12.0. The number of esters is 2. The van der Waals surface area contributed by atoms with E-state index >= 15 is 0 Å². The third kappa shape index (κ3) is 18.4. The Hall–Kier alpha value is -6.40. The summed E-state index contributed by atoms with van der Waals surface area (Å²) in [6, 6.07) is 25.6. The normalized spacial score (nSPS) is 20.2. The molecule has 0 radical (unpaired) electrons. The fourth-order valence-electron chi connectivity index (χ4n) is 11.8.